The van der Waals surface area contributed by atoms with Crippen molar-refractivity contribution >= 4 is 33.0 Å². The molecule has 3 rings (SSSR count). The molecular weight excluding hydrogens is 396 g/mol. The molecule has 1 N–H and O–H groups in total. The van der Waals surface area contributed by atoms with Crippen molar-refractivity contribution in [2.45, 2.75) is 6.92 Å². The van der Waals surface area contributed by atoms with Crippen molar-refractivity contribution in [2.24, 2.45) is 0 Å². The van der Waals surface area contributed by atoms with Crippen LogP contribution in [0.1, 0.15) is 17.3 Å². The Hall–Kier alpha value is -2.98. The molecule has 1 saturated heterocycles. The second-order valence-electron chi connectivity index (χ2n) is 6.57. The lowest BCUT2D eigenvalue weighted by Gasteiger charge is -2.33. The molecule has 0 atom stereocenters. The van der Waals surface area contributed by atoms with Gasteiger partial charge in [-0.05, 0) is 31.2 Å². The number of para-hydroxylation sites is 1. The zero-order chi connectivity index (χ0) is 21.0. The van der Waals surface area contributed by atoms with E-state index in [1.165, 1.54) is 27.4 Å². The van der Waals surface area contributed by atoms with Crippen molar-refractivity contribution in [1.29, 1.82) is 0 Å². The monoisotopic (exact) mass is 418 g/mol. The molecule has 0 aliphatic carbocycles. The van der Waals surface area contributed by atoms with Crippen LogP contribution >= 0.6 is 0 Å². The number of piperazine rings is 1. The summed E-state index contributed by atoms with van der Waals surface area (Å²) < 4.78 is 25.3. The summed E-state index contributed by atoms with van der Waals surface area (Å²) in [4.78, 5) is 25.3. The van der Waals surface area contributed by atoms with Crippen LogP contribution in [0.15, 0.2) is 48.5 Å². The first-order valence-corrected chi connectivity index (χ1v) is 10.8. The number of anilines is 2. The number of amides is 1. The summed E-state index contributed by atoms with van der Waals surface area (Å²) in [6.45, 7) is 2.51. The quantitative estimate of drug-likeness (QED) is 0.569. The molecule has 2 aromatic rings. The molecular formula is C19H22N4O5S. The Bertz CT molecular complexity index is 1000. The molecule has 0 radical (unpaired) electrons. The van der Waals surface area contributed by atoms with Crippen LogP contribution in [0.3, 0.4) is 0 Å². The van der Waals surface area contributed by atoms with Gasteiger partial charge in [-0.2, -0.15) is 4.31 Å². The first-order valence-electron chi connectivity index (χ1n) is 9.19. The highest BCUT2D eigenvalue weighted by atomic mass is 32.2. The normalized spacial score (nSPS) is 15.1. The molecule has 0 spiro atoms. The summed E-state index contributed by atoms with van der Waals surface area (Å²) in [6, 6.07) is 13.3. The standard InChI is InChI=1S/C19H22N4O5S/c1-2-29(27,28)22-12-10-21(11-13-22)19(24)15-8-9-17(18(14-15)23(25)26)20-16-6-4-3-5-7-16/h3-9,14,20H,2,10-13H2,1H3. The number of benzene rings is 2. The maximum absolute atomic E-state index is 12.8. The van der Waals surface area contributed by atoms with E-state index >= 15 is 0 Å². The Morgan fingerprint density at radius 2 is 1.76 bits per heavy atom. The maximum atomic E-state index is 12.8. The third-order valence-electron chi connectivity index (χ3n) is 4.78. The number of hydrogen-bond donors (Lipinski definition) is 1. The molecule has 10 heteroatoms. The third kappa shape index (κ3) is 4.72. The van der Waals surface area contributed by atoms with E-state index < -0.39 is 14.9 Å². The lowest BCUT2D eigenvalue weighted by Crippen LogP contribution is -2.50. The Kier molecular flexibility index (Phi) is 6.14. The molecule has 1 aliphatic rings. The van der Waals surface area contributed by atoms with E-state index in [1.807, 2.05) is 18.2 Å². The summed E-state index contributed by atoms with van der Waals surface area (Å²) in [5.41, 5.74) is 0.980. The molecule has 1 fully saturated rings. The smallest absolute Gasteiger partial charge is 0.293 e. The van der Waals surface area contributed by atoms with Crippen LogP contribution in [0.4, 0.5) is 17.1 Å². The second kappa shape index (κ2) is 8.58. The van der Waals surface area contributed by atoms with Crippen molar-refractivity contribution in [3.63, 3.8) is 0 Å². The van der Waals surface area contributed by atoms with Crippen LogP contribution in [-0.4, -0.2) is 60.4 Å². The molecule has 1 amide bonds. The molecule has 0 aromatic heterocycles. The molecule has 29 heavy (non-hydrogen) atoms. The van der Waals surface area contributed by atoms with Gasteiger partial charge in [0, 0.05) is 43.5 Å². The number of nitro groups is 1. The predicted octanol–water partition coefficient (Wildman–Crippen LogP) is 2.45. The first kappa shape index (κ1) is 20.7. The van der Waals surface area contributed by atoms with Gasteiger partial charge >= 0.3 is 0 Å². The van der Waals surface area contributed by atoms with E-state index in [-0.39, 0.29) is 54.8 Å². The highest BCUT2D eigenvalue weighted by Crippen LogP contribution is 2.29. The minimum absolute atomic E-state index is 0.0169. The summed E-state index contributed by atoms with van der Waals surface area (Å²) in [5.74, 6) is -0.337. The Labute approximate surface area is 169 Å². The van der Waals surface area contributed by atoms with Crippen molar-refractivity contribution in [3.8, 4) is 0 Å². The van der Waals surface area contributed by atoms with E-state index in [9.17, 15) is 23.3 Å². The average molecular weight is 418 g/mol. The molecule has 1 aliphatic heterocycles. The number of nitro benzene ring substituents is 1. The molecule has 0 bridgehead atoms. The van der Waals surface area contributed by atoms with E-state index in [0.29, 0.717) is 5.69 Å². The van der Waals surface area contributed by atoms with Crippen LogP contribution in [0.25, 0.3) is 0 Å². The lowest BCUT2D eigenvalue weighted by molar-refractivity contribution is -0.383. The van der Waals surface area contributed by atoms with Gasteiger partial charge in [0.05, 0.1) is 10.7 Å². The summed E-state index contributed by atoms with van der Waals surface area (Å²) >= 11 is 0. The van der Waals surface area contributed by atoms with E-state index in [0.717, 1.165) is 0 Å². The van der Waals surface area contributed by atoms with Gasteiger partial charge in [0.2, 0.25) is 10.0 Å². The van der Waals surface area contributed by atoms with Gasteiger partial charge in [0.15, 0.2) is 0 Å². The molecule has 154 valence electrons. The number of carbonyl (C=O) groups is 1. The SMILES string of the molecule is CCS(=O)(=O)N1CCN(C(=O)c2ccc(Nc3ccccc3)c([N+](=O)[O-])c2)CC1. The van der Waals surface area contributed by atoms with Crippen LogP contribution in [0, 0.1) is 10.1 Å². The van der Waals surface area contributed by atoms with Crippen LogP contribution in [0.2, 0.25) is 0 Å². The zero-order valence-electron chi connectivity index (χ0n) is 15.9. The van der Waals surface area contributed by atoms with Crippen LogP contribution in [-0.2, 0) is 10.0 Å². The molecule has 0 unspecified atom stereocenters. The summed E-state index contributed by atoms with van der Waals surface area (Å²) in [5, 5.41) is 14.5. The van der Waals surface area contributed by atoms with Gasteiger partial charge in [-0.1, -0.05) is 18.2 Å². The van der Waals surface area contributed by atoms with Gasteiger partial charge in [-0.3, -0.25) is 14.9 Å². The van der Waals surface area contributed by atoms with Gasteiger partial charge in [0.25, 0.3) is 11.6 Å². The van der Waals surface area contributed by atoms with Gasteiger partial charge in [0.1, 0.15) is 5.69 Å². The first-order chi connectivity index (χ1) is 13.8. The fourth-order valence-corrected chi connectivity index (χ4v) is 4.22. The Balaban J connectivity index is 1.76. The van der Waals surface area contributed by atoms with Gasteiger partial charge < -0.3 is 10.2 Å². The number of rotatable bonds is 6. The topological polar surface area (TPSA) is 113 Å². The van der Waals surface area contributed by atoms with E-state index in [1.54, 1.807) is 19.1 Å². The fraction of sp³-hybridized carbons (Fsp3) is 0.316. The fourth-order valence-electron chi connectivity index (χ4n) is 3.13. The Morgan fingerprint density at radius 3 is 2.34 bits per heavy atom. The van der Waals surface area contributed by atoms with E-state index in [4.69, 9.17) is 0 Å². The predicted molar refractivity (Wildman–Crippen MR) is 110 cm³/mol. The van der Waals surface area contributed by atoms with Crippen molar-refractivity contribution in [3.05, 3.63) is 64.2 Å². The molecule has 1 heterocycles. The van der Waals surface area contributed by atoms with Gasteiger partial charge in [-0.15, -0.1) is 0 Å². The molecule has 2 aromatic carbocycles. The highest BCUT2D eigenvalue weighted by molar-refractivity contribution is 7.89. The highest BCUT2D eigenvalue weighted by Gasteiger charge is 2.29. The minimum Gasteiger partial charge on any atom is -0.350 e. The number of nitrogens with one attached hydrogen (secondary N) is 1. The number of hydrogen-bond acceptors (Lipinski definition) is 6. The number of sulfonamides is 1. The van der Waals surface area contributed by atoms with Gasteiger partial charge in [-0.25, -0.2) is 8.42 Å². The average Bonchev–Trinajstić information content (AvgIpc) is 2.74. The third-order valence-corrected chi connectivity index (χ3v) is 6.66. The van der Waals surface area contributed by atoms with Crippen molar-refractivity contribution < 1.29 is 18.1 Å². The van der Waals surface area contributed by atoms with Crippen LogP contribution in [0.5, 0.6) is 0 Å². The molecule has 9 nitrogen and oxygen atoms in total. The number of carbonyl (C=O) groups excluding carboxylic acids is 1. The Morgan fingerprint density at radius 1 is 1.10 bits per heavy atom. The van der Waals surface area contributed by atoms with Crippen molar-refractivity contribution in [1.82, 2.24) is 9.21 Å². The minimum atomic E-state index is -3.29. The molecule has 0 saturated carbocycles. The van der Waals surface area contributed by atoms with E-state index in [2.05, 4.69) is 5.32 Å². The largest absolute Gasteiger partial charge is 0.350 e. The summed E-state index contributed by atoms with van der Waals surface area (Å²) in [7, 11) is -3.29. The summed E-state index contributed by atoms with van der Waals surface area (Å²) in [6.07, 6.45) is 0. The number of nitrogens with zero attached hydrogens (tertiary/aromatic N) is 3. The zero-order valence-corrected chi connectivity index (χ0v) is 16.8. The van der Waals surface area contributed by atoms with Crippen molar-refractivity contribution in [2.75, 3.05) is 37.2 Å². The maximum Gasteiger partial charge on any atom is 0.293 e. The van der Waals surface area contributed by atoms with Crippen LogP contribution < -0.4 is 5.32 Å². The second-order valence-corrected chi connectivity index (χ2v) is 8.83. The lowest BCUT2D eigenvalue weighted by atomic mass is 10.1.